The molecule has 0 saturated carbocycles. The van der Waals surface area contributed by atoms with E-state index in [2.05, 4.69) is 5.32 Å². The summed E-state index contributed by atoms with van der Waals surface area (Å²) in [6.45, 7) is 3.96. The maximum absolute atomic E-state index is 12.7. The number of nitrogens with zero attached hydrogens (tertiary/aromatic N) is 2. The molecular weight excluding hydrogens is 254 g/mol. The molecule has 2 heterocycles. The van der Waals surface area contributed by atoms with Crippen molar-refractivity contribution >= 4 is 11.0 Å². The van der Waals surface area contributed by atoms with E-state index in [9.17, 15) is 9.90 Å². The molecule has 5 nitrogen and oxygen atoms in total. The first kappa shape index (κ1) is 13.4. The van der Waals surface area contributed by atoms with Gasteiger partial charge in [0.2, 0.25) is 0 Å². The van der Waals surface area contributed by atoms with Crippen molar-refractivity contribution in [1.29, 1.82) is 0 Å². The number of hydrogen-bond donors (Lipinski definition) is 2. The van der Waals surface area contributed by atoms with E-state index in [0.29, 0.717) is 6.54 Å². The van der Waals surface area contributed by atoms with E-state index in [1.54, 1.807) is 11.5 Å². The number of aliphatic hydroxyl groups is 1. The van der Waals surface area contributed by atoms with Crippen molar-refractivity contribution in [2.24, 2.45) is 0 Å². The number of fused-ring (bicyclic) bond motifs is 1. The molecule has 0 spiro atoms. The number of hydrogen-bond acceptors (Lipinski definition) is 3. The van der Waals surface area contributed by atoms with Gasteiger partial charge in [-0.1, -0.05) is 12.1 Å². The highest BCUT2D eigenvalue weighted by molar-refractivity contribution is 5.76. The molecule has 108 valence electrons. The number of aliphatic hydroxyl groups excluding tert-OH is 1. The molecule has 0 radical (unpaired) electrons. The van der Waals surface area contributed by atoms with Crippen molar-refractivity contribution in [1.82, 2.24) is 14.5 Å². The Kier molecular flexibility index (Phi) is 3.63. The van der Waals surface area contributed by atoms with E-state index in [0.717, 1.165) is 37.0 Å². The summed E-state index contributed by atoms with van der Waals surface area (Å²) in [6, 6.07) is 8.11. The molecule has 3 rings (SSSR count). The Morgan fingerprint density at radius 3 is 2.60 bits per heavy atom. The lowest BCUT2D eigenvalue weighted by atomic mass is 10.1. The molecule has 5 heteroatoms. The van der Waals surface area contributed by atoms with Gasteiger partial charge < -0.3 is 10.4 Å². The molecule has 1 aromatic carbocycles. The Morgan fingerprint density at radius 2 is 1.95 bits per heavy atom. The molecular formula is C15H21N3O2. The van der Waals surface area contributed by atoms with Crippen LogP contribution in [0.15, 0.2) is 29.1 Å². The van der Waals surface area contributed by atoms with Gasteiger partial charge in [-0.2, -0.15) is 0 Å². The minimum absolute atomic E-state index is 0.000926. The number of piperidine rings is 1. The Balaban J connectivity index is 2.15. The lowest BCUT2D eigenvalue weighted by Gasteiger charge is -2.23. The molecule has 1 saturated heterocycles. The van der Waals surface area contributed by atoms with E-state index < -0.39 is 6.10 Å². The Bertz CT molecular complexity index is 651. The molecule has 2 N–H and O–H groups in total. The van der Waals surface area contributed by atoms with Gasteiger partial charge in [0, 0.05) is 6.04 Å². The van der Waals surface area contributed by atoms with Crippen molar-refractivity contribution in [3.63, 3.8) is 0 Å². The summed E-state index contributed by atoms with van der Waals surface area (Å²) < 4.78 is 3.61. The van der Waals surface area contributed by atoms with Gasteiger partial charge in [-0.15, -0.1) is 0 Å². The topological polar surface area (TPSA) is 59.2 Å². The Hall–Kier alpha value is -1.59. The Labute approximate surface area is 117 Å². The third-order valence-electron chi connectivity index (χ3n) is 3.99. The zero-order valence-corrected chi connectivity index (χ0v) is 11.7. The number of rotatable bonds is 3. The molecule has 0 amide bonds. The first-order valence-corrected chi connectivity index (χ1v) is 7.27. The predicted molar refractivity (Wildman–Crippen MR) is 79.0 cm³/mol. The number of para-hydroxylation sites is 2. The summed E-state index contributed by atoms with van der Waals surface area (Å²) in [4.78, 5) is 12.7. The summed E-state index contributed by atoms with van der Waals surface area (Å²) in [6.07, 6.45) is 1.42. The Morgan fingerprint density at radius 1 is 1.30 bits per heavy atom. The second-order valence-corrected chi connectivity index (χ2v) is 5.58. The highest BCUT2D eigenvalue weighted by atomic mass is 16.3. The van der Waals surface area contributed by atoms with Gasteiger partial charge in [0.25, 0.3) is 0 Å². The van der Waals surface area contributed by atoms with Crippen LogP contribution in [0, 0.1) is 0 Å². The minimum atomic E-state index is -0.528. The average molecular weight is 275 g/mol. The number of nitrogens with one attached hydrogen (secondary N) is 1. The van der Waals surface area contributed by atoms with E-state index in [1.165, 1.54) is 0 Å². The molecule has 20 heavy (non-hydrogen) atoms. The molecule has 1 aromatic heterocycles. The summed E-state index contributed by atoms with van der Waals surface area (Å²) in [5, 5.41) is 13.0. The second-order valence-electron chi connectivity index (χ2n) is 5.58. The molecule has 1 unspecified atom stereocenters. The SMILES string of the molecule is CC(O)Cn1c(=O)n(C2CCNCC2)c2ccccc21. The number of benzene rings is 1. The number of aromatic nitrogens is 2. The smallest absolute Gasteiger partial charge is 0.329 e. The lowest BCUT2D eigenvalue weighted by Crippen LogP contribution is -2.35. The number of imidazole rings is 1. The molecule has 1 aliphatic rings. The molecule has 0 aliphatic carbocycles. The fraction of sp³-hybridized carbons (Fsp3) is 0.533. The molecule has 0 bridgehead atoms. The normalized spacial score (nSPS) is 18.5. The van der Waals surface area contributed by atoms with Crippen LogP contribution in [0.2, 0.25) is 0 Å². The lowest BCUT2D eigenvalue weighted by molar-refractivity contribution is 0.173. The van der Waals surface area contributed by atoms with Crippen LogP contribution in [0.5, 0.6) is 0 Å². The summed E-state index contributed by atoms with van der Waals surface area (Å²) in [5.41, 5.74) is 1.89. The molecule has 1 atom stereocenters. The molecule has 1 fully saturated rings. The van der Waals surface area contributed by atoms with Crippen LogP contribution in [0.4, 0.5) is 0 Å². The quantitative estimate of drug-likeness (QED) is 0.882. The van der Waals surface area contributed by atoms with Crippen LogP contribution >= 0.6 is 0 Å². The van der Waals surface area contributed by atoms with Crippen LogP contribution in [-0.2, 0) is 6.54 Å². The second kappa shape index (κ2) is 5.42. The third kappa shape index (κ3) is 2.27. The van der Waals surface area contributed by atoms with Crippen LogP contribution in [0.1, 0.15) is 25.8 Å². The summed E-state index contributed by atoms with van der Waals surface area (Å²) in [5.74, 6) is 0. The molecule has 2 aromatic rings. The fourth-order valence-corrected chi connectivity index (χ4v) is 3.09. The largest absolute Gasteiger partial charge is 0.392 e. The van der Waals surface area contributed by atoms with Crippen molar-refractivity contribution in [2.75, 3.05) is 13.1 Å². The minimum Gasteiger partial charge on any atom is -0.392 e. The van der Waals surface area contributed by atoms with Crippen molar-refractivity contribution in [3.05, 3.63) is 34.7 Å². The van der Waals surface area contributed by atoms with Crippen LogP contribution in [0.3, 0.4) is 0 Å². The monoisotopic (exact) mass is 275 g/mol. The van der Waals surface area contributed by atoms with E-state index in [4.69, 9.17) is 0 Å². The molecule has 1 aliphatic heterocycles. The fourth-order valence-electron chi connectivity index (χ4n) is 3.09. The van der Waals surface area contributed by atoms with Crippen LogP contribution in [-0.4, -0.2) is 33.4 Å². The summed E-state index contributed by atoms with van der Waals surface area (Å²) >= 11 is 0. The van der Waals surface area contributed by atoms with Crippen molar-refractivity contribution in [2.45, 2.75) is 38.5 Å². The maximum atomic E-state index is 12.7. The van der Waals surface area contributed by atoms with Gasteiger partial charge in [0.05, 0.1) is 23.7 Å². The summed E-state index contributed by atoms with van der Waals surface area (Å²) in [7, 11) is 0. The zero-order valence-electron chi connectivity index (χ0n) is 11.7. The van der Waals surface area contributed by atoms with Gasteiger partial charge in [-0.05, 0) is 45.0 Å². The highest BCUT2D eigenvalue weighted by Crippen LogP contribution is 2.23. The average Bonchev–Trinajstić information content (AvgIpc) is 2.72. The van der Waals surface area contributed by atoms with Crippen LogP contribution < -0.4 is 11.0 Å². The zero-order chi connectivity index (χ0) is 14.1. The van der Waals surface area contributed by atoms with Gasteiger partial charge in [0.15, 0.2) is 0 Å². The maximum Gasteiger partial charge on any atom is 0.329 e. The van der Waals surface area contributed by atoms with E-state index in [-0.39, 0.29) is 11.7 Å². The van der Waals surface area contributed by atoms with Gasteiger partial charge >= 0.3 is 5.69 Å². The van der Waals surface area contributed by atoms with E-state index >= 15 is 0 Å². The van der Waals surface area contributed by atoms with Gasteiger partial charge in [-0.25, -0.2) is 4.79 Å². The van der Waals surface area contributed by atoms with E-state index in [1.807, 2.05) is 28.8 Å². The predicted octanol–water partition coefficient (Wildman–Crippen LogP) is 1.11. The highest BCUT2D eigenvalue weighted by Gasteiger charge is 2.22. The first-order chi connectivity index (χ1) is 9.68. The first-order valence-electron chi connectivity index (χ1n) is 7.27. The van der Waals surface area contributed by atoms with Crippen molar-refractivity contribution < 1.29 is 5.11 Å². The van der Waals surface area contributed by atoms with Gasteiger partial charge in [0.1, 0.15) is 0 Å². The van der Waals surface area contributed by atoms with Crippen LogP contribution in [0.25, 0.3) is 11.0 Å². The van der Waals surface area contributed by atoms with Gasteiger partial charge in [-0.3, -0.25) is 9.13 Å². The standard InChI is InChI=1S/C15H21N3O2/c1-11(19)10-17-13-4-2-3-5-14(13)18(15(17)20)12-6-8-16-9-7-12/h2-5,11-12,16,19H,6-10H2,1H3. The third-order valence-corrected chi connectivity index (χ3v) is 3.99. The van der Waals surface area contributed by atoms with Crippen molar-refractivity contribution in [3.8, 4) is 0 Å².